The van der Waals surface area contributed by atoms with Crippen LogP contribution in [0.5, 0.6) is 0 Å². The third-order valence-corrected chi connectivity index (χ3v) is 8.98. The molecule has 0 unspecified atom stereocenters. The number of halogens is 2. The highest BCUT2D eigenvalue weighted by Crippen LogP contribution is 2.56. The molecule has 0 radical (unpaired) electrons. The summed E-state index contributed by atoms with van der Waals surface area (Å²) in [5.74, 6) is -0.246. The summed E-state index contributed by atoms with van der Waals surface area (Å²) < 4.78 is 15.0. The third-order valence-electron chi connectivity index (χ3n) is 6.46. The van der Waals surface area contributed by atoms with E-state index in [0.717, 1.165) is 49.6 Å². The van der Waals surface area contributed by atoms with E-state index < -0.39 is 5.95 Å². The molecule has 1 atom stereocenters. The van der Waals surface area contributed by atoms with Gasteiger partial charge in [0, 0.05) is 27.9 Å². The Morgan fingerprint density at radius 3 is 2.68 bits per heavy atom. The van der Waals surface area contributed by atoms with Crippen molar-refractivity contribution in [3.05, 3.63) is 45.0 Å². The van der Waals surface area contributed by atoms with Gasteiger partial charge in [-0.05, 0) is 43.6 Å². The van der Waals surface area contributed by atoms with Gasteiger partial charge in [0.15, 0.2) is 5.82 Å². The maximum atomic E-state index is 15.0. The second-order valence-electron chi connectivity index (χ2n) is 8.15. The number of anilines is 2. The number of pyridine rings is 1. The standard InChI is InChI=1S/C20H21ClFN7S2/c21-12-11(3-6-26-17(12)24)31-19-18(25)28-13(16(22)29-19)9-1-4-20(5-2-9)7-10-14(15(20)23)30-8-27-10/h3,6,8-9,15H,1-2,4-5,7,23H2,(H2,24,26)(H2,25,28)/t9?,15-,20?/m1/s1. The van der Waals surface area contributed by atoms with Crippen LogP contribution in [0.2, 0.25) is 5.02 Å². The monoisotopic (exact) mass is 477 g/mol. The molecule has 7 nitrogen and oxygen atoms in total. The van der Waals surface area contributed by atoms with Gasteiger partial charge in [0.1, 0.15) is 16.5 Å². The van der Waals surface area contributed by atoms with E-state index in [9.17, 15) is 4.39 Å². The van der Waals surface area contributed by atoms with Gasteiger partial charge in [0.05, 0.1) is 16.2 Å². The second-order valence-corrected chi connectivity index (χ2v) is 10.4. The van der Waals surface area contributed by atoms with E-state index in [4.69, 9.17) is 28.8 Å². The molecule has 162 valence electrons. The molecule has 3 heterocycles. The number of nitrogens with zero attached hydrogens (tertiary/aromatic N) is 4. The normalized spacial score (nSPS) is 25.1. The van der Waals surface area contributed by atoms with Gasteiger partial charge in [0.2, 0.25) is 5.95 Å². The summed E-state index contributed by atoms with van der Waals surface area (Å²) in [7, 11) is 0. The molecular weight excluding hydrogens is 457 g/mol. The molecule has 0 amide bonds. The lowest BCUT2D eigenvalue weighted by molar-refractivity contribution is 0.147. The Labute approximate surface area is 192 Å². The number of nitrogen functional groups attached to an aromatic ring is 2. The van der Waals surface area contributed by atoms with Crippen molar-refractivity contribution in [2.24, 2.45) is 11.1 Å². The minimum Gasteiger partial charge on any atom is -0.382 e. The van der Waals surface area contributed by atoms with Gasteiger partial charge in [-0.25, -0.2) is 19.9 Å². The van der Waals surface area contributed by atoms with Crippen LogP contribution in [0.4, 0.5) is 16.0 Å². The van der Waals surface area contributed by atoms with Crippen LogP contribution in [0.1, 0.15) is 53.9 Å². The lowest BCUT2D eigenvalue weighted by Crippen LogP contribution is -2.35. The van der Waals surface area contributed by atoms with Gasteiger partial charge in [-0.15, -0.1) is 11.3 Å². The van der Waals surface area contributed by atoms with E-state index in [2.05, 4.69) is 19.9 Å². The van der Waals surface area contributed by atoms with Crippen molar-refractivity contribution in [2.45, 2.75) is 54.0 Å². The summed E-state index contributed by atoms with van der Waals surface area (Å²) in [5.41, 5.74) is 21.8. The summed E-state index contributed by atoms with van der Waals surface area (Å²) >= 11 is 8.94. The predicted molar refractivity (Wildman–Crippen MR) is 121 cm³/mol. The lowest BCUT2D eigenvalue weighted by Gasteiger charge is -2.40. The van der Waals surface area contributed by atoms with Crippen LogP contribution in [0.15, 0.2) is 27.7 Å². The Morgan fingerprint density at radius 1 is 1.16 bits per heavy atom. The Kier molecular flexibility index (Phi) is 5.28. The molecule has 1 saturated carbocycles. The first kappa shape index (κ1) is 20.9. The molecule has 2 aliphatic rings. The molecule has 0 aliphatic heterocycles. The second kappa shape index (κ2) is 7.84. The smallest absolute Gasteiger partial charge is 0.236 e. The van der Waals surface area contributed by atoms with Crippen molar-refractivity contribution in [3.8, 4) is 0 Å². The highest BCUT2D eigenvalue weighted by Gasteiger charge is 2.48. The maximum absolute atomic E-state index is 15.0. The first-order chi connectivity index (χ1) is 14.9. The molecule has 3 aromatic heterocycles. The van der Waals surface area contributed by atoms with E-state index >= 15 is 0 Å². The molecule has 6 N–H and O–H groups in total. The van der Waals surface area contributed by atoms with Crippen LogP contribution in [0.25, 0.3) is 0 Å². The fourth-order valence-electron chi connectivity index (χ4n) is 4.73. The van der Waals surface area contributed by atoms with Crippen molar-refractivity contribution in [3.63, 3.8) is 0 Å². The number of thiazole rings is 1. The summed E-state index contributed by atoms with van der Waals surface area (Å²) in [5, 5.41) is 0.543. The molecular formula is C20H21ClFN7S2. The topological polar surface area (TPSA) is 130 Å². The summed E-state index contributed by atoms with van der Waals surface area (Å²) in [6.45, 7) is 0. The molecule has 0 aromatic carbocycles. The zero-order valence-corrected chi connectivity index (χ0v) is 18.9. The largest absolute Gasteiger partial charge is 0.382 e. The molecule has 1 spiro atoms. The molecule has 11 heteroatoms. The quantitative estimate of drug-likeness (QED) is 0.508. The Morgan fingerprint density at radius 2 is 1.94 bits per heavy atom. The molecule has 2 aliphatic carbocycles. The van der Waals surface area contributed by atoms with Crippen molar-refractivity contribution in [2.75, 3.05) is 11.5 Å². The lowest BCUT2D eigenvalue weighted by atomic mass is 9.66. The van der Waals surface area contributed by atoms with Gasteiger partial charge in [-0.2, -0.15) is 4.39 Å². The average molecular weight is 478 g/mol. The SMILES string of the molecule is Nc1nc(C2CCC3(CC2)Cc2ncsc2[C@H]3N)c(F)nc1Sc1ccnc(N)c1Cl. The van der Waals surface area contributed by atoms with Gasteiger partial charge >= 0.3 is 0 Å². The van der Waals surface area contributed by atoms with E-state index in [1.54, 1.807) is 17.4 Å². The molecule has 3 aromatic rings. The van der Waals surface area contributed by atoms with Gasteiger partial charge in [-0.3, -0.25) is 0 Å². The van der Waals surface area contributed by atoms with Crippen LogP contribution in [-0.4, -0.2) is 19.9 Å². The molecule has 1 fully saturated rings. The average Bonchev–Trinajstić information content (AvgIpc) is 3.30. The Hall–Kier alpha value is -2.01. The minimum atomic E-state index is -0.590. The van der Waals surface area contributed by atoms with Gasteiger partial charge in [-0.1, -0.05) is 23.4 Å². The fourth-order valence-corrected chi connectivity index (χ4v) is 6.71. The summed E-state index contributed by atoms with van der Waals surface area (Å²) in [4.78, 5) is 18.7. The van der Waals surface area contributed by atoms with Gasteiger partial charge < -0.3 is 17.2 Å². The van der Waals surface area contributed by atoms with E-state index in [1.165, 1.54) is 11.1 Å². The first-order valence-corrected chi connectivity index (χ1v) is 12.0. The van der Waals surface area contributed by atoms with Crippen LogP contribution in [-0.2, 0) is 6.42 Å². The summed E-state index contributed by atoms with van der Waals surface area (Å²) in [6, 6.07) is 1.68. The molecule has 5 rings (SSSR count). The van der Waals surface area contributed by atoms with Crippen LogP contribution in [0, 0.1) is 11.4 Å². The third kappa shape index (κ3) is 3.55. The minimum absolute atomic E-state index is 0.00766. The van der Waals surface area contributed by atoms with E-state index in [0.29, 0.717) is 10.6 Å². The number of hydrogen-bond acceptors (Lipinski definition) is 9. The van der Waals surface area contributed by atoms with Crippen LogP contribution >= 0.6 is 34.7 Å². The van der Waals surface area contributed by atoms with Crippen molar-refractivity contribution >= 4 is 46.3 Å². The van der Waals surface area contributed by atoms with Crippen molar-refractivity contribution in [1.82, 2.24) is 19.9 Å². The number of hydrogen-bond donors (Lipinski definition) is 3. The number of fused-ring (bicyclic) bond motifs is 1. The highest BCUT2D eigenvalue weighted by atomic mass is 35.5. The molecule has 31 heavy (non-hydrogen) atoms. The van der Waals surface area contributed by atoms with E-state index in [1.807, 2.05) is 5.51 Å². The highest BCUT2D eigenvalue weighted by molar-refractivity contribution is 7.99. The number of rotatable bonds is 3. The van der Waals surface area contributed by atoms with Crippen molar-refractivity contribution in [1.29, 1.82) is 0 Å². The van der Waals surface area contributed by atoms with Crippen LogP contribution < -0.4 is 17.2 Å². The zero-order valence-electron chi connectivity index (χ0n) is 16.5. The molecule has 0 saturated heterocycles. The Balaban J connectivity index is 1.33. The maximum Gasteiger partial charge on any atom is 0.236 e. The molecule has 0 bridgehead atoms. The predicted octanol–water partition coefficient (Wildman–Crippen LogP) is 4.34. The first-order valence-electron chi connectivity index (χ1n) is 9.96. The van der Waals surface area contributed by atoms with Crippen molar-refractivity contribution < 1.29 is 4.39 Å². The summed E-state index contributed by atoms with van der Waals surface area (Å²) in [6.07, 6.45) is 5.84. The Bertz CT molecular complexity index is 1150. The number of aromatic nitrogens is 4. The zero-order chi connectivity index (χ0) is 21.8. The van der Waals surface area contributed by atoms with Gasteiger partial charge in [0.25, 0.3) is 0 Å². The van der Waals surface area contributed by atoms with Crippen LogP contribution in [0.3, 0.4) is 0 Å². The fraction of sp³-hybridized carbons (Fsp3) is 0.400. The number of nitrogens with two attached hydrogens (primary N) is 3. The van der Waals surface area contributed by atoms with E-state index in [-0.39, 0.29) is 39.1 Å².